The third-order valence-electron chi connectivity index (χ3n) is 0.939. The minimum Gasteiger partial charge on any atom is -0.458 e. The fourth-order valence-corrected chi connectivity index (χ4v) is 0.469. The van der Waals surface area contributed by atoms with Gasteiger partial charge in [-0.2, -0.15) is 0 Å². The van der Waals surface area contributed by atoms with Crippen LogP contribution < -0.4 is 0 Å². The lowest BCUT2D eigenvalue weighted by Gasteiger charge is -1.97. The number of aldehydes is 1. The fourth-order valence-electron chi connectivity index (χ4n) is 0.469. The zero-order chi connectivity index (χ0) is 9.56. The molecule has 0 spiro atoms. The van der Waals surface area contributed by atoms with Crippen LogP contribution in [0.2, 0.25) is 0 Å². The molecule has 0 heterocycles. The lowest BCUT2D eigenvalue weighted by molar-refractivity contribution is -0.146. The first kappa shape index (κ1) is 10.5. The van der Waals surface area contributed by atoms with Crippen LogP contribution >= 0.6 is 0 Å². The monoisotopic (exact) mass is 172 g/mol. The molecule has 0 bridgehead atoms. The Bertz CT molecular complexity index is 218. The summed E-state index contributed by atoms with van der Waals surface area (Å²) < 4.78 is 4.29. The van der Waals surface area contributed by atoms with Crippen LogP contribution in [-0.2, 0) is 23.9 Å². The van der Waals surface area contributed by atoms with Gasteiger partial charge in [0.15, 0.2) is 12.1 Å². The number of carbonyl (C=O) groups excluding carboxylic acids is 4. The Morgan fingerprint density at radius 2 is 1.92 bits per heavy atom. The topological polar surface area (TPSA) is 77.5 Å². The van der Waals surface area contributed by atoms with E-state index in [4.69, 9.17) is 0 Å². The van der Waals surface area contributed by atoms with Crippen LogP contribution in [0.25, 0.3) is 0 Å². The SMILES string of the molecule is CC(=O)OCC(=O)CC(=O)C=O. The molecule has 0 radical (unpaired) electrons. The summed E-state index contributed by atoms with van der Waals surface area (Å²) in [6.07, 6.45) is -0.442. The summed E-state index contributed by atoms with van der Waals surface area (Å²) >= 11 is 0. The first-order valence-electron chi connectivity index (χ1n) is 3.19. The van der Waals surface area contributed by atoms with Crippen LogP contribution in [0.15, 0.2) is 0 Å². The van der Waals surface area contributed by atoms with Gasteiger partial charge >= 0.3 is 5.97 Å². The Hall–Kier alpha value is -1.52. The quantitative estimate of drug-likeness (QED) is 0.236. The molecule has 0 saturated heterocycles. The maximum absolute atomic E-state index is 10.7. The van der Waals surface area contributed by atoms with Crippen molar-refractivity contribution < 1.29 is 23.9 Å². The van der Waals surface area contributed by atoms with Crippen LogP contribution in [0.4, 0.5) is 0 Å². The summed E-state index contributed by atoms with van der Waals surface area (Å²) in [5, 5.41) is 0. The van der Waals surface area contributed by atoms with Crippen molar-refractivity contribution in [2.24, 2.45) is 0 Å². The van der Waals surface area contributed by atoms with Crippen LogP contribution in [0.1, 0.15) is 13.3 Å². The molecule has 0 N–H and O–H groups in total. The number of esters is 1. The number of Topliss-reactive ketones (excluding diaryl/α,β-unsaturated/α-hetero) is 2. The van der Waals surface area contributed by atoms with Crippen molar-refractivity contribution in [1.82, 2.24) is 0 Å². The van der Waals surface area contributed by atoms with Crippen molar-refractivity contribution in [3.05, 3.63) is 0 Å². The first-order valence-corrected chi connectivity index (χ1v) is 3.19. The van der Waals surface area contributed by atoms with E-state index in [1.165, 1.54) is 0 Å². The van der Waals surface area contributed by atoms with E-state index in [1.54, 1.807) is 0 Å². The van der Waals surface area contributed by atoms with Gasteiger partial charge in [-0.1, -0.05) is 0 Å². The van der Waals surface area contributed by atoms with E-state index in [0.29, 0.717) is 0 Å². The summed E-state index contributed by atoms with van der Waals surface area (Å²) in [5.74, 6) is -1.99. The van der Waals surface area contributed by atoms with Crippen molar-refractivity contribution in [3.63, 3.8) is 0 Å². The normalized spacial score (nSPS) is 8.75. The number of hydrogen-bond donors (Lipinski definition) is 0. The molecule has 0 fully saturated rings. The number of hydrogen-bond acceptors (Lipinski definition) is 5. The van der Waals surface area contributed by atoms with Gasteiger partial charge in [0.2, 0.25) is 5.78 Å². The third kappa shape index (κ3) is 5.28. The van der Waals surface area contributed by atoms with Crippen molar-refractivity contribution in [2.75, 3.05) is 6.61 Å². The molecular formula is C7H8O5. The predicted molar refractivity (Wildman–Crippen MR) is 37.3 cm³/mol. The van der Waals surface area contributed by atoms with Gasteiger partial charge in [0, 0.05) is 6.92 Å². The summed E-state index contributed by atoms with van der Waals surface area (Å²) in [6, 6.07) is 0. The molecular weight excluding hydrogens is 164 g/mol. The van der Waals surface area contributed by atoms with Gasteiger partial charge in [-0.3, -0.25) is 19.2 Å². The highest BCUT2D eigenvalue weighted by Crippen LogP contribution is 1.86. The Balaban J connectivity index is 3.67. The van der Waals surface area contributed by atoms with E-state index < -0.39 is 30.6 Å². The Morgan fingerprint density at radius 3 is 2.33 bits per heavy atom. The number of ketones is 2. The van der Waals surface area contributed by atoms with Gasteiger partial charge in [0.25, 0.3) is 0 Å². The molecule has 0 aliphatic rings. The van der Waals surface area contributed by atoms with Gasteiger partial charge in [-0.15, -0.1) is 0 Å². The van der Waals surface area contributed by atoms with Gasteiger partial charge in [0.05, 0.1) is 6.42 Å². The molecule has 66 valence electrons. The lowest BCUT2D eigenvalue weighted by Crippen LogP contribution is -2.16. The Kier molecular flexibility index (Phi) is 4.52. The average Bonchev–Trinajstić information content (AvgIpc) is 2.00. The molecule has 0 saturated carbocycles. The highest BCUT2D eigenvalue weighted by Gasteiger charge is 2.09. The first-order chi connectivity index (χ1) is 5.56. The Labute approximate surface area is 68.7 Å². The molecule has 0 unspecified atom stereocenters. The zero-order valence-electron chi connectivity index (χ0n) is 6.53. The van der Waals surface area contributed by atoms with E-state index in [2.05, 4.69) is 4.74 Å². The van der Waals surface area contributed by atoms with E-state index >= 15 is 0 Å². The molecule has 5 heteroatoms. The molecule has 0 amide bonds. The molecule has 0 aliphatic heterocycles. The smallest absolute Gasteiger partial charge is 0.303 e. The molecule has 0 aromatic heterocycles. The largest absolute Gasteiger partial charge is 0.458 e. The van der Waals surface area contributed by atoms with Gasteiger partial charge in [-0.25, -0.2) is 0 Å². The van der Waals surface area contributed by atoms with Gasteiger partial charge in [0.1, 0.15) is 6.61 Å². The summed E-state index contributed by atoms with van der Waals surface area (Å²) in [7, 11) is 0. The molecule has 0 aromatic rings. The number of rotatable bonds is 5. The van der Waals surface area contributed by atoms with Crippen LogP contribution in [0.3, 0.4) is 0 Å². The van der Waals surface area contributed by atoms with E-state index in [-0.39, 0.29) is 6.29 Å². The zero-order valence-corrected chi connectivity index (χ0v) is 6.53. The fraction of sp³-hybridized carbons (Fsp3) is 0.429. The maximum Gasteiger partial charge on any atom is 0.303 e. The molecule has 0 aromatic carbocycles. The average molecular weight is 172 g/mol. The molecule has 0 aliphatic carbocycles. The second-order valence-electron chi connectivity index (χ2n) is 2.08. The van der Waals surface area contributed by atoms with Crippen LogP contribution in [0, 0.1) is 0 Å². The van der Waals surface area contributed by atoms with Crippen molar-refractivity contribution >= 4 is 23.8 Å². The molecule has 12 heavy (non-hydrogen) atoms. The van der Waals surface area contributed by atoms with Crippen molar-refractivity contribution in [1.29, 1.82) is 0 Å². The Morgan fingerprint density at radius 1 is 1.33 bits per heavy atom. The van der Waals surface area contributed by atoms with E-state index in [0.717, 1.165) is 6.92 Å². The van der Waals surface area contributed by atoms with Crippen LogP contribution in [-0.4, -0.2) is 30.4 Å². The molecule has 0 atom stereocenters. The van der Waals surface area contributed by atoms with Crippen LogP contribution in [0.5, 0.6) is 0 Å². The maximum atomic E-state index is 10.7. The third-order valence-corrected chi connectivity index (χ3v) is 0.939. The minimum atomic E-state index is -0.813. The van der Waals surface area contributed by atoms with Gasteiger partial charge in [-0.05, 0) is 0 Å². The second kappa shape index (κ2) is 5.17. The van der Waals surface area contributed by atoms with Crippen molar-refractivity contribution in [2.45, 2.75) is 13.3 Å². The van der Waals surface area contributed by atoms with Gasteiger partial charge < -0.3 is 4.74 Å². The molecule has 0 rings (SSSR count). The second-order valence-corrected chi connectivity index (χ2v) is 2.08. The van der Waals surface area contributed by atoms with Crippen molar-refractivity contribution in [3.8, 4) is 0 Å². The number of carbonyl (C=O) groups is 4. The predicted octanol–water partition coefficient (Wildman–Crippen LogP) is -0.723. The van der Waals surface area contributed by atoms with E-state index in [1.807, 2.05) is 0 Å². The minimum absolute atomic E-state index is 0.0612. The highest BCUT2D eigenvalue weighted by molar-refractivity contribution is 6.29. The van der Waals surface area contributed by atoms with E-state index in [9.17, 15) is 19.2 Å². The molecule has 5 nitrogen and oxygen atoms in total. The highest BCUT2D eigenvalue weighted by atomic mass is 16.5. The summed E-state index contributed by atoms with van der Waals surface area (Å²) in [4.78, 5) is 40.9. The lowest BCUT2D eigenvalue weighted by atomic mass is 10.2. The summed E-state index contributed by atoms with van der Waals surface area (Å²) in [5.41, 5.74) is 0. The standard InChI is InChI=1S/C7H8O5/c1-5(9)12-4-7(11)2-6(10)3-8/h3H,2,4H2,1H3. The summed E-state index contributed by atoms with van der Waals surface area (Å²) in [6.45, 7) is 0.698. The number of ether oxygens (including phenoxy) is 1.